The van der Waals surface area contributed by atoms with Crippen LogP contribution in [0, 0.1) is 11.3 Å². The molecule has 1 N–H and O–H groups in total. The molecule has 1 saturated carbocycles. The predicted octanol–water partition coefficient (Wildman–Crippen LogP) is 3.93. The molecule has 2 aromatic carbocycles. The first-order valence-corrected chi connectivity index (χ1v) is 9.53. The molecule has 0 saturated heterocycles. The highest BCUT2D eigenvalue weighted by Crippen LogP contribution is 2.63. The first kappa shape index (κ1) is 18.7. The first-order chi connectivity index (χ1) is 13.4. The zero-order valence-corrected chi connectivity index (χ0v) is 16.3. The minimum absolute atomic E-state index is 0.0785. The van der Waals surface area contributed by atoms with Gasteiger partial charge in [0.05, 0.1) is 7.11 Å². The number of fused-ring (bicyclic) bond motifs is 3. The average Bonchev–Trinajstić information content (AvgIpc) is 3.06. The summed E-state index contributed by atoms with van der Waals surface area (Å²) >= 11 is 6.44. The second-order valence-electron chi connectivity index (χ2n) is 7.45. The van der Waals surface area contributed by atoms with Crippen LogP contribution in [-0.2, 0) is 19.1 Å². The zero-order chi connectivity index (χ0) is 20.1. The van der Waals surface area contributed by atoms with Gasteiger partial charge in [-0.05, 0) is 42.5 Å². The second-order valence-corrected chi connectivity index (χ2v) is 7.86. The molecule has 0 radical (unpaired) electrons. The lowest BCUT2D eigenvalue weighted by Crippen LogP contribution is -2.50. The van der Waals surface area contributed by atoms with E-state index in [0.29, 0.717) is 10.7 Å². The second kappa shape index (κ2) is 6.74. The Morgan fingerprint density at radius 1 is 1.11 bits per heavy atom. The molecule has 1 fully saturated rings. The molecule has 0 spiro atoms. The summed E-state index contributed by atoms with van der Waals surface area (Å²) in [4.78, 5) is 39.1. The fourth-order valence-electron chi connectivity index (χ4n) is 5.03. The van der Waals surface area contributed by atoms with Gasteiger partial charge in [0.15, 0.2) is 5.41 Å². The van der Waals surface area contributed by atoms with Crippen LogP contribution < -0.4 is 5.32 Å². The van der Waals surface area contributed by atoms with Gasteiger partial charge in [0, 0.05) is 22.5 Å². The number of amides is 1. The van der Waals surface area contributed by atoms with Crippen molar-refractivity contribution in [2.45, 2.75) is 25.2 Å². The number of nitrogens with one attached hydrogen (secondary N) is 1. The van der Waals surface area contributed by atoms with Crippen molar-refractivity contribution in [2.24, 2.45) is 11.3 Å². The van der Waals surface area contributed by atoms with E-state index in [1.165, 1.54) is 14.0 Å². The Balaban J connectivity index is 1.99. The minimum atomic E-state index is -1.47. The van der Waals surface area contributed by atoms with Crippen molar-refractivity contribution in [3.05, 3.63) is 64.7 Å². The van der Waals surface area contributed by atoms with E-state index in [4.69, 9.17) is 16.3 Å². The van der Waals surface area contributed by atoms with Crippen LogP contribution in [0.25, 0.3) is 0 Å². The Labute approximate surface area is 168 Å². The molecule has 5 nitrogen and oxygen atoms in total. The quantitative estimate of drug-likeness (QED) is 0.629. The number of halogens is 1. The van der Waals surface area contributed by atoms with Gasteiger partial charge in [0.25, 0.3) is 0 Å². The highest BCUT2D eigenvalue weighted by atomic mass is 35.5. The largest absolute Gasteiger partial charge is 0.468 e. The lowest BCUT2D eigenvalue weighted by atomic mass is 9.67. The third-order valence-corrected chi connectivity index (χ3v) is 6.48. The standard InChI is InChI=1S/C22H20ClNO4/c1-12(25)18-15(13-7-3-5-9-16(13)23)11-22(21(27)28-2)19(18)14-8-4-6-10-17(14)24-20(22)26/h3-10,15,18-19H,11H2,1-2H3,(H,24,26)/t15-,18+,19-,22-/m1/s1. The Morgan fingerprint density at radius 2 is 1.75 bits per heavy atom. The van der Waals surface area contributed by atoms with E-state index < -0.39 is 29.1 Å². The number of benzene rings is 2. The molecule has 2 aliphatic rings. The number of carbonyl (C=O) groups is 3. The van der Waals surface area contributed by atoms with Crippen LogP contribution in [0.2, 0.25) is 5.02 Å². The Kier molecular flexibility index (Phi) is 4.50. The van der Waals surface area contributed by atoms with Gasteiger partial charge in [-0.2, -0.15) is 0 Å². The summed E-state index contributed by atoms with van der Waals surface area (Å²) in [6, 6.07) is 14.6. The molecule has 28 heavy (non-hydrogen) atoms. The fraction of sp³-hybridized carbons (Fsp3) is 0.318. The van der Waals surface area contributed by atoms with Gasteiger partial charge in [-0.3, -0.25) is 14.4 Å². The van der Waals surface area contributed by atoms with Crippen LogP contribution in [0.4, 0.5) is 5.69 Å². The number of methoxy groups -OCH3 is 1. The van der Waals surface area contributed by atoms with Crippen molar-refractivity contribution < 1.29 is 19.1 Å². The SMILES string of the molecule is COC(=O)[C@]12C[C@H](c3ccccc3Cl)[C@H](C(C)=O)[C@H]1c1ccccc1NC2=O. The smallest absolute Gasteiger partial charge is 0.322 e. The molecule has 4 rings (SSSR count). The number of anilines is 1. The Morgan fingerprint density at radius 3 is 2.39 bits per heavy atom. The van der Waals surface area contributed by atoms with Gasteiger partial charge in [-0.1, -0.05) is 48.0 Å². The molecule has 2 aromatic rings. The third-order valence-electron chi connectivity index (χ3n) is 6.14. The van der Waals surface area contributed by atoms with Crippen LogP contribution in [-0.4, -0.2) is 24.8 Å². The van der Waals surface area contributed by atoms with E-state index in [2.05, 4.69) is 5.32 Å². The van der Waals surface area contributed by atoms with Gasteiger partial charge in [0.2, 0.25) is 5.91 Å². The van der Waals surface area contributed by atoms with Crippen molar-refractivity contribution in [2.75, 3.05) is 12.4 Å². The Bertz CT molecular complexity index is 988. The van der Waals surface area contributed by atoms with E-state index in [1.807, 2.05) is 36.4 Å². The van der Waals surface area contributed by atoms with Gasteiger partial charge < -0.3 is 10.1 Å². The van der Waals surface area contributed by atoms with Crippen molar-refractivity contribution in [3.8, 4) is 0 Å². The third kappa shape index (κ3) is 2.49. The molecule has 1 aliphatic carbocycles. The molecule has 1 amide bonds. The maximum Gasteiger partial charge on any atom is 0.322 e. The van der Waals surface area contributed by atoms with E-state index in [0.717, 1.165) is 11.1 Å². The summed E-state index contributed by atoms with van der Waals surface area (Å²) in [6.45, 7) is 1.51. The number of hydrogen-bond acceptors (Lipinski definition) is 4. The normalized spacial score (nSPS) is 28.1. The average molecular weight is 398 g/mol. The van der Waals surface area contributed by atoms with Crippen molar-refractivity contribution >= 4 is 34.9 Å². The number of ether oxygens (including phenoxy) is 1. The monoisotopic (exact) mass is 397 g/mol. The van der Waals surface area contributed by atoms with E-state index >= 15 is 0 Å². The molecule has 144 valence electrons. The highest BCUT2D eigenvalue weighted by molar-refractivity contribution is 6.31. The van der Waals surface area contributed by atoms with Crippen molar-refractivity contribution in [1.29, 1.82) is 0 Å². The number of rotatable bonds is 3. The fourth-order valence-corrected chi connectivity index (χ4v) is 5.31. The molecular formula is C22H20ClNO4. The lowest BCUT2D eigenvalue weighted by molar-refractivity contribution is -0.158. The predicted molar refractivity (Wildman–Crippen MR) is 105 cm³/mol. The molecule has 0 aromatic heterocycles. The number of Topliss-reactive ketones (excluding diaryl/α,β-unsaturated/α-hetero) is 1. The first-order valence-electron chi connectivity index (χ1n) is 9.15. The summed E-state index contributed by atoms with van der Waals surface area (Å²) < 4.78 is 5.08. The Hall–Kier alpha value is -2.66. The summed E-state index contributed by atoms with van der Waals surface area (Å²) in [6.07, 6.45) is 0.165. The van der Waals surface area contributed by atoms with Crippen LogP contribution in [0.5, 0.6) is 0 Å². The number of hydrogen-bond donors (Lipinski definition) is 1. The molecule has 0 bridgehead atoms. The van der Waals surface area contributed by atoms with Gasteiger partial charge in [0.1, 0.15) is 5.78 Å². The van der Waals surface area contributed by atoms with Crippen LogP contribution >= 0.6 is 11.6 Å². The maximum absolute atomic E-state index is 13.2. The molecule has 4 atom stereocenters. The van der Waals surface area contributed by atoms with Crippen molar-refractivity contribution in [3.63, 3.8) is 0 Å². The number of esters is 1. The summed E-state index contributed by atoms with van der Waals surface area (Å²) in [7, 11) is 1.27. The van der Waals surface area contributed by atoms with Gasteiger partial charge in [-0.25, -0.2) is 0 Å². The van der Waals surface area contributed by atoms with Crippen molar-refractivity contribution in [1.82, 2.24) is 0 Å². The summed E-state index contributed by atoms with van der Waals surface area (Å²) in [5.41, 5.74) is 0.709. The molecule has 1 heterocycles. The van der Waals surface area contributed by atoms with E-state index in [-0.39, 0.29) is 18.1 Å². The topological polar surface area (TPSA) is 72.5 Å². The van der Waals surface area contributed by atoms with Crippen LogP contribution in [0.15, 0.2) is 48.5 Å². The maximum atomic E-state index is 13.2. The molecule has 6 heteroatoms. The molecular weight excluding hydrogens is 378 g/mol. The lowest BCUT2D eigenvalue weighted by Gasteiger charge is -2.38. The summed E-state index contributed by atoms with van der Waals surface area (Å²) in [5.74, 6) is -2.67. The molecule has 1 aliphatic heterocycles. The summed E-state index contributed by atoms with van der Waals surface area (Å²) in [5, 5.41) is 3.37. The highest BCUT2D eigenvalue weighted by Gasteiger charge is 2.66. The van der Waals surface area contributed by atoms with Gasteiger partial charge >= 0.3 is 5.97 Å². The number of ketones is 1. The number of para-hydroxylation sites is 1. The van der Waals surface area contributed by atoms with E-state index in [1.54, 1.807) is 12.1 Å². The number of carbonyl (C=O) groups excluding carboxylic acids is 3. The van der Waals surface area contributed by atoms with Gasteiger partial charge in [-0.15, -0.1) is 0 Å². The van der Waals surface area contributed by atoms with Crippen LogP contribution in [0.3, 0.4) is 0 Å². The zero-order valence-electron chi connectivity index (χ0n) is 15.6. The van der Waals surface area contributed by atoms with E-state index in [9.17, 15) is 14.4 Å². The molecule has 0 unspecified atom stereocenters. The van der Waals surface area contributed by atoms with Crippen LogP contribution in [0.1, 0.15) is 36.3 Å². The minimum Gasteiger partial charge on any atom is -0.468 e.